The number of hydrogen-bond donors (Lipinski definition) is 4. The van der Waals surface area contributed by atoms with Gasteiger partial charge in [0.25, 0.3) is 0 Å². The smallest absolute Gasteiger partial charge is 0.211 e. The molecule has 0 amide bonds. The Kier molecular flexibility index (Phi) is 6.64. The highest BCUT2D eigenvalue weighted by Gasteiger charge is 2.03. The number of nitrogens with two attached hydrogens (primary N) is 4. The lowest BCUT2D eigenvalue weighted by Crippen LogP contribution is -2.22. The van der Waals surface area contributed by atoms with Crippen LogP contribution in [0.3, 0.4) is 0 Å². The Hall–Kier alpha value is -3.94. The van der Waals surface area contributed by atoms with E-state index in [1.807, 2.05) is 60.7 Å². The van der Waals surface area contributed by atoms with Gasteiger partial charge in [-0.15, -0.1) is 20.4 Å². The van der Waals surface area contributed by atoms with E-state index in [2.05, 4.69) is 20.4 Å². The summed E-state index contributed by atoms with van der Waals surface area (Å²) in [4.78, 5) is 0. The lowest BCUT2D eigenvalue weighted by molar-refractivity contribution is 1.20. The number of benzene rings is 2. The molecule has 132 valence electrons. The number of allylic oxidation sites excluding steroid dienone is 2. The Morgan fingerprint density at radius 1 is 0.538 bits per heavy atom. The van der Waals surface area contributed by atoms with Crippen LogP contribution >= 0.6 is 0 Å². The monoisotopic (exact) mass is 348 g/mol. The molecule has 26 heavy (non-hydrogen) atoms. The fraction of sp³-hybridized carbons (Fsp3) is 0. The van der Waals surface area contributed by atoms with Gasteiger partial charge in [-0.3, -0.25) is 0 Å². The van der Waals surface area contributed by atoms with Crippen LogP contribution in [-0.2, 0) is 0 Å². The second-order valence-corrected chi connectivity index (χ2v) is 5.09. The van der Waals surface area contributed by atoms with E-state index in [0.29, 0.717) is 11.4 Å². The molecule has 0 bridgehead atoms. The SMILES string of the molecule is NC(N)=NN=C(C=CC(=NN=C(N)N)c1ccccc1)c1ccccc1. The van der Waals surface area contributed by atoms with E-state index in [1.54, 1.807) is 12.2 Å². The molecule has 0 radical (unpaired) electrons. The summed E-state index contributed by atoms with van der Waals surface area (Å²) in [5.41, 5.74) is 24.3. The van der Waals surface area contributed by atoms with Crippen molar-refractivity contribution >= 4 is 23.3 Å². The quantitative estimate of drug-likeness (QED) is 0.348. The first kappa shape index (κ1) is 18.4. The summed E-state index contributed by atoms with van der Waals surface area (Å²) in [6.07, 6.45) is 3.46. The zero-order valence-corrected chi connectivity index (χ0v) is 14.0. The highest BCUT2D eigenvalue weighted by atomic mass is 15.3. The normalized spacial score (nSPS) is 12.0. The van der Waals surface area contributed by atoms with Crippen LogP contribution in [0, 0.1) is 0 Å². The number of guanidine groups is 2. The first-order valence-electron chi connectivity index (χ1n) is 7.68. The van der Waals surface area contributed by atoms with Gasteiger partial charge in [-0.2, -0.15) is 0 Å². The van der Waals surface area contributed by atoms with Crippen LogP contribution in [0.4, 0.5) is 0 Å². The molecular weight excluding hydrogens is 328 g/mol. The molecule has 0 saturated carbocycles. The van der Waals surface area contributed by atoms with E-state index in [0.717, 1.165) is 11.1 Å². The molecule has 2 aromatic rings. The predicted molar refractivity (Wildman–Crippen MR) is 107 cm³/mol. The van der Waals surface area contributed by atoms with Gasteiger partial charge in [0.15, 0.2) is 0 Å². The van der Waals surface area contributed by atoms with Gasteiger partial charge in [-0.1, -0.05) is 60.7 Å². The number of hydrogen-bond acceptors (Lipinski definition) is 4. The van der Waals surface area contributed by atoms with Crippen molar-refractivity contribution in [3.8, 4) is 0 Å². The van der Waals surface area contributed by atoms with Gasteiger partial charge in [0.1, 0.15) is 0 Å². The molecule has 0 spiro atoms. The third-order valence-electron chi connectivity index (χ3n) is 3.08. The van der Waals surface area contributed by atoms with Gasteiger partial charge in [-0.05, 0) is 12.2 Å². The molecule has 0 fully saturated rings. The van der Waals surface area contributed by atoms with Crippen LogP contribution in [0.1, 0.15) is 11.1 Å². The molecule has 0 aliphatic heterocycles. The van der Waals surface area contributed by atoms with Crippen LogP contribution < -0.4 is 22.9 Å². The third-order valence-corrected chi connectivity index (χ3v) is 3.08. The number of rotatable bonds is 6. The second-order valence-electron chi connectivity index (χ2n) is 5.09. The first-order chi connectivity index (χ1) is 12.6. The van der Waals surface area contributed by atoms with Crippen molar-refractivity contribution in [1.29, 1.82) is 0 Å². The van der Waals surface area contributed by atoms with Crippen molar-refractivity contribution in [3.05, 3.63) is 83.9 Å². The van der Waals surface area contributed by atoms with Gasteiger partial charge in [0.2, 0.25) is 11.9 Å². The highest BCUT2D eigenvalue weighted by molar-refractivity contribution is 6.16. The van der Waals surface area contributed by atoms with Crippen LogP contribution in [0.5, 0.6) is 0 Å². The fourth-order valence-electron chi connectivity index (χ4n) is 1.97. The average molecular weight is 348 g/mol. The molecule has 0 saturated heterocycles. The van der Waals surface area contributed by atoms with Gasteiger partial charge in [-0.25, -0.2) is 0 Å². The van der Waals surface area contributed by atoms with Crippen molar-refractivity contribution < 1.29 is 0 Å². The molecule has 0 aliphatic carbocycles. The summed E-state index contributed by atoms with van der Waals surface area (Å²) >= 11 is 0. The fourth-order valence-corrected chi connectivity index (χ4v) is 1.97. The van der Waals surface area contributed by atoms with E-state index in [4.69, 9.17) is 22.9 Å². The van der Waals surface area contributed by atoms with Crippen molar-refractivity contribution in [1.82, 2.24) is 0 Å². The summed E-state index contributed by atoms with van der Waals surface area (Å²) in [6, 6.07) is 18.9. The van der Waals surface area contributed by atoms with Gasteiger partial charge < -0.3 is 22.9 Å². The first-order valence-corrected chi connectivity index (χ1v) is 7.68. The van der Waals surface area contributed by atoms with E-state index in [9.17, 15) is 0 Å². The molecule has 8 N–H and O–H groups in total. The standard InChI is InChI=1S/C18H20N8/c19-17(20)25-23-15(13-7-3-1-4-8-13)11-12-16(24-26-18(21)22)14-9-5-2-6-10-14/h1-12H,(H4,19,20,25)(H4,21,22,26). The summed E-state index contributed by atoms with van der Waals surface area (Å²) in [5, 5.41) is 15.6. The maximum atomic E-state index is 5.37. The van der Waals surface area contributed by atoms with Gasteiger partial charge >= 0.3 is 0 Å². The lowest BCUT2D eigenvalue weighted by atomic mass is 10.1. The maximum Gasteiger partial charge on any atom is 0.211 e. The van der Waals surface area contributed by atoms with Gasteiger partial charge in [0.05, 0.1) is 11.4 Å². The van der Waals surface area contributed by atoms with E-state index >= 15 is 0 Å². The molecule has 0 unspecified atom stereocenters. The van der Waals surface area contributed by atoms with Crippen molar-refractivity contribution in [3.63, 3.8) is 0 Å². The van der Waals surface area contributed by atoms with Gasteiger partial charge in [0, 0.05) is 11.1 Å². The molecule has 2 aromatic carbocycles. The molecule has 0 heterocycles. The average Bonchev–Trinajstić information content (AvgIpc) is 2.65. The molecule has 0 aromatic heterocycles. The Labute approximate surface area is 151 Å². The molecular formula is C18H20N8. The largest absolute Gasteiger partial charge is 0.369 e. The Morgan fingerprint density at radius 2 is 0.885 bits per heavy atom. The van der Waals surface area contributed by atoms with Crippen LogP contribution in [-0.4, -0.2) is 23.3 Å². The predicted octanol–water partition coefficient (Wildman–Crippen LogP) is 0.898. The van der Waals surface area contributed by atoms with Crippen molar-refractivity contribution in [2.24, 2.45) is 43.3 Å². The van der Waals surface area contributed by atoms with Crippen molar-refractivity contribution in [2.75, 3.05) is 0 Å². The molecule has 8 nitrogen and oxygen atoms in total. The summed E-state index contributed by atoms with van der Waals surface area (Å²) < 4.78 is 0. The Bertz CT molecular complexity index is 783. The highest BCUT2D eigenvalue weighted by Crippen LogP contribution is 2.07. The van der Waals surface area contributed by atoms with E-state index in [1.165, 1.54) is 0 Å². The summed E-state index contributed by atoms with van der Waals surface area (Å²) in [5.74, 6) is -0.270. The minimum atomic E-state index is -0.135. The molecule has 0 atom stereocenters. The molecule has 8 heteroatoms. The Morgan fingerprint density at radius 3 is 1.19 bits per heavy atom. The third kappa shape index (κ3) is 5.93. The van der Waals surface area contributed by atoms with Crippen LogP contribution in [0.2, 0.25) is 0 Å². The van der Waals surface area contributed by atoms with E-state index in [-0.39, 0.29) is 11.9 Å². The number of nitrogens with zero attached hydrogens (tertiary/aromatic N) is 4. The lowest BCUT2D eigenvalue weighted by Gasteiger charge is -2.02. The molecule has 0 aliphatic rings. The zero-order valence-electron chi connectivity index (χ0n) is 14.0. The minimum absolute atomic E-state index is 0.135. The van der Waals surface area contributed by atoms with Crippen LogP contribution in [0.25, 0.3) is 0 Å². The maximum absolute atomic E-state index is 5.37. The minimum Gasteiger partial charge on any atom is -0.369 e. The van der Waals surface area contributed by atoms with E-state index < -0.39 is 0 Å². The summed E-state index contributed by atoms with van der Waals surface area (Å²) in [6.45, 7) is 0. The zero-order chi connectivity index (χ0) is 18.8. The van der Waals surface area contributed by atoms with Crippen LogP contribution in [0.15, 0.2) is 93.2 Å². The topological polar surface area (TPSA) is 154 Å². The Balaban J connectivity index is 2.44. The summed E-state index contributed by atoms with van der Waals surface area (Å²) in [7, 11) is 0. The molecule has 2 rings (SSSR count). The van der Waals surface area contributed by atoms with Crippen molar-refractivity contribution in [2.45, 2.75) is 0 Å². The second kappa shape index (κ2) is 9.38.